The molecule has 0 atom stereocenters. The van der Waals surface area contributed by atoms with Gasteiger partial charge in [0.1, 0.15) is 0 Å². The number of hydrogen-bond donors (Lipinski definition) is 1. The van der Waals surface area contributed by atoms with Crippen LogP contribution < -0.4 is 5.32 Å². The van der Waals surface area contributed by atoms with Gasteiger partial charge < -0.3 is 5.32 Å². The zero-order valence-electron chi connectivity index (χ0n) is 10.5. The molecule has 2 heteroatoms. The minimum absolute atomic E-state index is 0.215. The van der Waals surface area contributed by atoms with Crippen LogP contribution in [0.2, 0.25) is 0 Å². The number of carbonyl (C=O) groups is 1. The quantitative estimate of drug-likeness (QED) is 0.789. The van der Waals surface area contributed by atoms with Crippen LogP contribution >= 0.6 is 0 Å². The first kappa shape index (κ1) is 12.3. The van der Waals surface area contributed by atoms with Crippen LogP contribution in [0.5, 0.6) is 0 Å². The van der Waals surface area contributed by atoms with Gasteiger partial charge in [0, 0.05) is 11.6 Å². The van der Waals surface area contributed by atoms with Gasteiger partial charge in [-0.2, -0.15) is 0 Å². The Morgan fingerprint density at radius 1 is 1.35 bits per heavy atom. The lowest BCUT2D eigenvalue weighted by molar-refractivity contribution is 0.0987. The third-order valence-corrected chi connectivity index (χ3v) is 3.56. The van der Waals surface area contributed by atoms with Crippen molar-refractivity contribution in [2.24, 2.45) is 0 Å². The van der Waals surface area contributed by atoms with Crippen molar-refractivity contribution in [3.8, 4) is 0 Å². The van der Waals surface area contributed by atoms with Gasteiger partial charge in [0.05, 0.1) is 6.54 Å². The molecule has 1 aromatic carbocycles. The molecule has 1 aliphatic rings. The van der Waals surface area contributed by atoms with Crippen molar-refractivity contribution in [1.29, 1.82) is 0 Å². The average molecular weight is 231 g/mol. The zero-order chi connectivity index (χ0) is 12.1. The lowest BCUT2D eigenvalue weighted by Crippen LogP contribution is -2.31. The maximum atomic E-state index is 12.0. The third-order valence-electron chi connectivity index (χ3n) is 3.56. The van der Waals surface area contributed by atoms with Gasteiger partial charge in [0.2, 0.25) is 0 Å². The Labute approximate surface area is 103 Å². The van der Waals surface area contributed by atoms with Crippen LogP contribution in [0.3, 0.4) is 0 Å². The molecule has 0 spiro atoms. The maximum Gasteiger partial charge on any atom is 0.176 e. The summed E-state index contributed by atoms with van der Waals surface area (Å²) in [6.45, 7) is 2.60. The molecule has 0 aromatic heterocycles. The lowest BCUT2D eigenvalue weighted by Gasteiger charge is -2.11. The smallest absolute Gasteiger partial charge is 0.176 e. The fourth-order valence-electron chi connectivity index (χ4n) is 2.43. The number of hydrogen-bond acceptors (Lipinski definition) is 2. The molecule has 1 saturated carbocycles. The van der Waals surface area contributed by atoms with E-state index >= 15 is 0 Å². The largest absolute Gasteiger partial charge is 0.307 e. The Morgan fingerprint density at radius 2 is 2.12 bits per heavy atom. The summed E-state index contributed by atoms with van der Waals surface area (Å²) in [7, 11) is 0. The van der Waals surface area contributed by atoms with E-state index in [0.717, 1.165) is 12.0 Å². The van der Waals surface area contributed by atoms with Crippen molar-refractivity contribution in [1.82, 2.24) is 5.32 Å². The first-order valence-electron chi connectivity index (χ1n) is 6.65. The molecule has 0 bridgehead atoms. The molecule has 1 aromatic rings. The van der Waals surface area contributed by atoms with Gasteiger partial charge in [-0.05, 0) is 30.9 Å². The van der Waals surface area contributed by atoms with Crippen LogP contribution in [-0.4, -0.2) is 18.4 Å². The molecule has 0 radical (unpaired) electrons. The highest BCUT2D eigenvalue weighted by Crippen LogP contribution is 2.17. The van der Waals surface area contributed by atoms with Crippen molar-refractivity contribution in [3.63, 3.8) is 0 Å². The van der Waals surface area contributed by atoms with Crippen molar-refractivity contribution in [3.05, 3.63) is 35.4 Å². The summed E-state index contributed by atoms with van der Waals surface area (Å²) in [6, 6.07) is 8.53. The molecule has 0 unspecified atom stereocenters. The van der Waals surface area contributed by atoms with E-state index in [4.69, 9.17) is 0 Å². The minimum Gasteiger partial charge on any atom is -0.307 e. The summed E-state index contributed by atoms with van der Waals surface area (Å²) < 4.78 is 0. The van der Waals surface area contributed by atoms with Gasteiger partial charge in [-0.25, -0.2) is 0 Å². The van der Waals surface area contributed by atoms with Crippen molar-refractivity contribution >= 4 is 5.78 Å². The van der Waals surface area contributed by atoms with E-state index in [0.29, 0.717) is 12.6 Å². The monoisotopic (exact) mass is 231 g/mol. The number of ketones is 1. The molecule has 1 fully saturated rings. The van der Waals surface area contributed by atoms with Crippen LogP contribution in [0.25, 0.3) is 0 Å². The Morgan fingerprint density at radius 3 is 2.82 bits per heavy atom. The van der Waals surface area contributed by atoms with Gasteiger partial charge in [-0.1, -0.05) is 38.0 Å². The average Bonchev–Trinajstić information content (AvgIpc) is 2.89. The molecule has 17 heavy (non-hydrogen) atoms. The summed E-state index contributed by atoms with van der Waals surface area (Å²) in [5.74, 6) is 0.215. The first-order chi connectivity index (χ1) is 8.29. The maximum absolute atomic E-state index is 12.0. The second-order valence-electron chi connectivity index (χ2n) is 4.84. The Hall–Kier alpha value is -1.15. The van der Waals surface area contributed by atoms with Crippen molar-refractivity contribution in [2.75, 3.05) is 6.54 Å². The van der Waals surface area contributed by atoms with Crippen LogP contribution in [0, 0.1) is 0 Å². The second kappa shape index (κ2) is 5.97. The van der Waals surface area contributed by atoms with E-state index < -0.39 is 0 Å². The van der Waals surface area contributed by atoms with Gasteiger partial charge in [-0.15, -0.1) is 0 Å². The topological polar surface area (TPSA) is 29.1 Å². The van der Waals surface area contributed by atoms with Crippen LogP contribution in [0.4, 0.5) is 0 Å². The summed E-state index contributed by atoms with van der Waals surface area (Å²) in [4.78, 5) is 12.0. The predicted octanol–water partition coefficient (Wildman–Crippen LogP) is 2.96. The summed E-state index contributed by atoms with van der Waals surface area (Å²) in [5, 5.41) is 3.37. The zero-order valence-corrected chi connectivity index (χ0v) is 10.5. The van der Waals surface area contributed by atoms with Gasteiger partial charge >= 0.3 is 0 Å². The molecule has 0 amide bonds. The molecular weight excluding hydrogens is 210 g/mol. The van der Waals surface area contributed by atoms with Crippen LogP contribution in [-0.2, 0) is 6.42 Å². The van der Waals surface area contributed by atoms with Crippen molar-refractivity contribution in [2.45, 2.75) is 45.1 Å². The third kappa shape index (κ3) is 3.40. The molecule has 0 aliphatic heterocycles. The highest BCUT2D eigenvalue weighted by atomic mass is 16.1. The Bertz CT molecular complexity index is 380. The van der Waals surface area contributed by atoms with E-state index in [2.05, 4.69) is 18.3 Å². The van der Waals surface area contributed by atoms with E-state index in [1.807, 2.05) is 18.2 Å². The molecule has 92 valence electrons. The number of aryl methyl sites for hydroxylation is 1. The number of nitrogens with one attached hydrogen (secondary N) is 1. The predicted molar refractivity (Wildman–Crippen MR) is 70.4 cm³/mol. The molecular formula is C15H21NO. The number of benzene rings is 1. The highest BCUT2D eigenvalue weighted by Gasteiger charge is 2.15. The van der Waals surface area contributed by atoms with Gasteiger partial charge in [0.25, 0.3) is 0 Å². The van der Waals surface area contributed by atoms with Gasteiger partial charge in [-0.3, -0.25) is 4.79 Å². The van der Waals surface area contributed by atoms with E-state index in [-0.39, 0.29) is 5.78 Å². The SMILES string of the molecule is CCc1cccc(C(=O)CNC2CCCC2)c1. The summed E-state index contributed by atoms with van der Waals surface area (Å²) >= 11 is 0. The first-order valence-corrected chi connectivity index (χ1v) is 6.65. The van der Waals surface area contributed by atoms with E-state index in [1.54, 1.807) is 0 Å². The number of Topliss-reactive ketones (excluding diaryl/α,β-unsaturated/α-hetero) is 1. The molecule has 1 aliphatic carbocycles. The van der Waals surface area contributed by atoms with Crippen LogP contribution in [0.15, 0.2) is 24.3 Å². The molecule has 2 nitrogen and oxygen atoms in total. The molecule has 1 N–H and O–H groups in total. The van der Waals surface area contributed by atoms with Crippen molar-refractivity contribution < 1.29 is 4.79 Å². The number of rotatable bonds is 5. The normalized spacial score (nSPS) is 16.3. The summed E-state index contributed by atoms with van der Waals surface area (Å²) in [5.41, 5.74) is 2.08. The highest BCUT2D eigenvalue weighted by molar-refractivity contribution is 5.97. The Kier molecular flexibility index (Phi) is 4.32. The summed E-state index contributed by atoms with van der Waals surface area (Å²) in [6.07, 6.45) is 6.04. The fourth-order valence-corrected chi connectivity index (χ4v) is 2.43. The minimum atomic E-state index is 0.215. The van der Waals surface area contributed by atoms with E-state index in [1.165, 1.54) is 31.2 Å². The second-order valence-corrected chi connectivity index (χ2v) is 4.84. The van der Waals surface area contributed by atoms with Gasteiger partial charge in [0.15, 0.2) is 5.78 Å². The molecule has 2 rings (SSSR count). The molecule has 0 saturated heterocycles. The standard InChI is InChI=1S/C15H21NO/c1-2-12-6-5-7-13(10-12)15(17)11-16-14-8-3-4-9-14/h5-7,10,14,16H,2-4,8-9,11H2,1H3. The lowest BCUT2D eigenvalue weighted by atomic mass is 10.1. The Balaban J connectivity index is 1.89. The fraction of sp³-hybridized carbons (Fsp3) is 0.533. The molecule has 0 heterocycles. The van der Waals surface area contributed by atoms with Crippen LogP contribution in [0.1, 0.15) is 48.5 Å². The van der Waals surface area contributed by atoms with E-state index in [9.17, 15) is 4.79 Å². The number of carbonyl (C=O) groups excluding carboxylic acids is 1.